The molecule has 0 spiro atoms. The van der Waals surface area contributed by atoms with Crippen LogP contribution in [-0.2, 0) is 16.0 Å². The van der Waals surface area contributed by atoms with Crippen molar-refractivity contribution in [3.05, 3.63) is 59.7 Å². The molecule has 0 saturated carbocycles. The summed E-state index contributed by atoms with van der Waals surface area (Å²) in [6.45, 7) is 3.22. The Hall–Kier alpha value is -3.35. The van der Waals surface area contributed by atoms with Gasteiger partial charge in [-0.25, -0.2) is 0 Å². The molecule has 1 fully saturated rings. The minimum atomic E-state index is -0.416. The van der Waals surface area contributed by atoms with Crippen molar-refractivity contribution < 1.29 is 23.9 Å². The van der Waals surface area contributed by atoms with Crippen LogP contribution in [0.5, 0.6) is 11.5 Å². The van der Waals surface area contributed by atoms with E-state index in [9.17, 15) is 14.4 Å². The summed E-state index contributed by atoms with van der Waals surface area (Å²) in [5.41, 5.74) is 1.53. The first kappa shape index (κ1) is 23.3. The van der Waals surface area contributed by atoms with Crippen LogP contribution in [0, 0.1) is 5.92 Å². The monoisotopic (exact) mass is 438 g/mol. The van der Waals surface area contributed by atoms with E-state index in [4.69, 9.17) is 9.47 Å². The van der Waals surface area contributed by atoms with Gasteiger partial charge in [0.2, 0.25) is 5.91 Å². The highest BCUT2D eigenvalue weighted by Crippen LogP contribution is 2.21. The molecule has 7 heteroatoms. The third-order valence-electron chi connectivity index (χ3n) is 5.65. The van der Waals surface area contributed by atoms with Crippen molar-refractivity contribution in [2.24, 2.45) is 5.92 Å². The van der Waals surface area contributed by atoms with Gasteiger partial charge in [0.1, 0.15) is 11.5 Å². The highest BCUT2D eigenvalue weighted by Gasteiger charge is 2.24. The van der Waals surface area contributed by atoms with Crippen LogP contribution >= 0.6 is 0 Å². The Morgan fingerprint density at radius 2 is 1.81 bits per heavy atom. The Morgan fingerprint density at radius 1 is 1.06 bits per heavy atom. The lowest BCUT2D eigenvalue weighted by molar-refractivity contribution is -0.131. The normalized spacial score (nSPS) is 14.0. The van der Waals surface area contributed by atoms with E-state index in [0.29, 0.717) is 49.7 Å². The van der Waals surface area contributed by atoms with E-state index in [-0.39, 0.29) is 11.8 Å². The van der Waals surface area contributed by atoms with Gasteiger partial charge in [-0.2, -0.15) is 0 Å². The summed E-state index contributed by atoms with van der Waals surface area (Å²) in [6.07, 6.45) is 2.72. The largest absolute Gasteiger partial charge is 0.496 e. The molecule has 1 N–H and O–H groups in total. The number of methoxy groups -OCH3 is 1. The fourth-order valence-electron chi connectivity index (χ4n) is 3.89. The topological polar surface area (TPSA) is 84.9 Å². The molecule has 0 radical (unpaired) electrons. The smallest absolute Gasteiger partial charge is 0.308 e. The number of para-hydroxylation sites is 1. The molecule has 170 valence electrons. The average molecular weight is 439 g/mol. The summed E-state index contributed by atoms with van der Waals surface area (Å²) in [5.74, 6) is 1.06. The lowest BCUT2D eigenvalue weighted by atomic mass is 9.96. The van der Waals surface area contributed by atoms with Gasteiger partial charge in [-0.15, -0.1) is 0 Å². The first-order valence-electron chi connectivity index (χ1n) is 10.9. The Bertz CT molecular complexity index is 951. The quantitative estimate of drug-likeness (QED) is 0.505. The molecule has 0 aromatic heterocycles. The summed E-state index contributed by atoms with van der Waals surface area (Å²) in [6, 6.07) is 14.4. The van der Waals surface area contributed by atoms with Gasteiger partial charge in [-0.1, -0.05) is 24.3 Å². The predicted octanol–water partition coefficient (Wildman–Crippen LogP) is 3.22. The van der Waals surface area contributed by atoms with Crippen molar-refractivity contribution in [1.29, 1.82) is 0 Å². The Morgan fingerprint density at radius 3 is 2.53 bits per heavy atom. The number of carbonyl (C=O) groups excluding carboxylic acids is 3. The molecule has 0 bridgehead atoms. The second-order valence-corrected chi connectivity index (χ2v) is 7.97. The van der Waals surface area contributed by atoms with Crippen LogP contribution < -0.4 is 14.8 Å². The van der Waals surface area contributed by atoms with Gasteiger partial charge in [0, 0.05) is 38.5 Å². The number of hydrogen-bond acceptors (Lipinski definition) is 5. The van der Waals surface area contributed by atoms with Crippen molar-refractivity contribution in [3.63, 3.8) is 0 Å². The maximum absolute atomic E-state index is 12.8. The number of amides is 2. The predicted molar refractivity (Wildman–Crippen MR) is 121 cm³/mol. The fraction of sp³-hybridized carbons (Fsp3) is 0.400. The van der Waals surface area contributed by atoms with Crippen molar-refractivity contribution >= 4 is 17.8 Å². The van der Waals surface area contributed by atoms with Crippen LogP contribution in [-0.4, -0.2) is 49.4 Å². The zero-order chi connectivity index (χ0) is 22.9. The van der Waals surface area contributed by atoms with Crippen LogP contribution in [0.2, 0.25) is 0 Å². The molecule has 1 aliphatic rings. The SMILES string of the molecule is COc1ccccc1CCC(=O)NCC1CCN(C(=O)c2cccc(OC(C)=O)c2)CC1. The lowest BCUT2D eigenvalue weighted by Crippen LogP contribution is -2.41. The minimum Gasteiger partial charge on any atom is -0.496 e. The molecule has 1 saturated heterocycles. The molecule has 2 aromatic carbocycles. The van der Waals surface area contributed by atoms with E-state index < -0.39 is 5.97 Å². The number of rotatable bonds is 8. The Labute approximate surface area is 188 Å². The number of likely N-dealkylation sites (tertiary alicyclic amines) is 1. The molecule has 1 heterocycles. The van der Waals surface area contributed by atoms with Gasteiger partial charge >= 0.3 is 5.97 Å². The van der Waals surface area contributed by atoms with E-state index in [1.165, 1.54) is 6.92 Å². The van der Waals surface area contributed by atoms with Gasteiger partial charge < -0.3 is 19.7 Å². The summed E-state index contributed by atoms with van der Waals surface area (Å²) < 4.78 is 10.4. The highest BCUT2D eigenvalue weighted by molar-refractivity contribution is 5.94. The highest BCUT2D eigenvalue weighted by atomic mass is 16.5. The maximum Gasteiger partial charge on any atom is 0.308 e. The van der Waals surface area contributed by atoms with Crippen LogP contribution in [0.1, 0.15) is 42.1 Å². The summed E-state index contributed by atoms with van der Waals surface area (Å²) in [5, 5.41) is 3.03. The van der Waals surface area contributed by atoms with E-state index in [1.54, 1.807) is 31.4 Å². The van der Waals surface area contributed by atoms with E-state index in [0.717, 1.165) is 24.2 Å². The third kappa shape index (κ3) is 6.57. The number of nitrogens with one attached hydrogen (secondary N) is 1. The Balaban J connectivity index is 1.41. The summed E-state index contributed by atoms with van der Waals surface area (Å²) in [7, 11) is 1.63. The third-order valence-corrected chi connectivity index (χ3v) is 5.65. The molecule has 0 aliphatic carbocycles. The van der Waals surface area contributed by atoms with E-state index in [1.807, 2.05) is 29.2 Å². The number of hydrogen-bond donors (Lipinski definition) is 1. The number of nitrogens with zero attached hydrogens (tertiary/aromatic N) is 1. The summed E-state index contributed by atoms with van der Waals surface area (Å²) in [4.78, 5) is 38.0. The molecular formula is C25H30N2O5. The standard InChI is InChI=1S/C25H30N2O5/c1-18(28)32-22-8-5-7-21(16-22)25(30)27-14-12-19(13-15-27)17-26-24(29)11-10-20-6-3-4-9-23(20)31-2/h3-9,16,19H,10-15,17H2,1-2H3,(H,26,29). The van der Waals surface area contributed by atoms with Crippen LogP contribution in [0.3, 0.4) is 0 Å². The number of ether oxygens (including phenoxy) is 2. The molecule has 2 amide bonds. The fourth-order valence-corrected chi connectivity index (χ4v) is 3.89. The lowest BCUT2D eigenvalue weighted by Gasteiger charge is -2.32. The van der Waals surface area contributed by atoms with Gasteiger partial charge in [0.25, 0.3) is 5.91 Å². The zero-order valence-corrected chi connectivity index (χ0v) is 18.6. The van der Waals surface area contributed by atoms with Gasteiger partial charge in [0.05, 0.1) is 7.11 Å². The minimum absolute atomic E-state index is 0.0247. The average Bonchev–Trinajstić information content (AvgIpc) is 2.81. The van der Waals surface area contributed by atoms with Crippen molar-refractivity contribution in [2.75, 3.05) is 26.7 Å². The Kier molecular flexibility index (Phi) is 8.25. The molecule has 32 heavy (non-hydrogen) atoms. The van der Waals surface area contributed by atoms with Gasteiger partial charge in [-0.05, 0) is 55.0 Å². The van der Waals surface area contributed by atoms with Crippen LogP contribution in [0.25, 0.3) is 0 Å². The first-order valence-corrected chi connectivity index (χ1v) is 10.9. The van der Waals surface area contributed by atoms with E-state index in [2.05, 4.69) is 5.32 Å². The number of carbonyl (C=O) groups is 3. The zero-order valence-electron chi connectivity index (χ0n) is 18.6. The summed E-state index contributed by atoms with van der Waals surface area (Å²) >= 11 is 0. The van der Waals surface area contributed by atoms with Crippen molar-refractivity contribution in [3.8, 4) is 11.5 Å². The van der Waals surface area contributed by atoms with Crippen molar-refractivity contribution in [2.45, 2.75) is 32.6 Å². The number of benzene rings is 2. The maximum atomic E-state index is 12.8. The number of esters is 1. The molecule has 2 aromatic rings. The van der Waals surface area contributed by atoms with Crippen molar-refractivity contribution in [1.82, 2.24) is 10.2 Å². The molecule has 3 rings (SSSR count). The molecular weight excluding hydrogens is 408 g/mol. The second kappa shape index (κ2) is 11.3. The molecule has 7 nitrogen and oxygen atoms in total. The van der Waals surface area contributed by atoms with E-state index >= 15 is 0 Å². The van der Waals surface area contributed by atoms with Gasteiger partial charge in [-0.3, -0.25) is 14.4 Å². The van der Waals surface area contributed by atoms with Gasteiger partial charge in [0.15, 0.2) is 0 Å². The molecule has 0 atom stereocenters. The number of piperidine rings is 1. The van der Waals surface area contributed by atoms with Crippen LogP contribution in [0.4, 0.5) is 0 Å². The van der Waals surface area contributed by atoms with Crippen LogP contribution in [0.15, 0.2) is 48.5 Å². The second-order valence-electron chi connectivity index (χ2n) is 7.97. The molecule has 1 aliphatic heterocycles. The number of aryl methyl sites for hydroxylation is 1. The first-order chi connectivity index (χ1) is 15.5. The molecule has 0 unspecified atom stereocenters.